The highest BCUT2D eigenvalue weighted by molar-refractivity contribution is 5.79. The first kappa shape index (κ1) is 16.7. The number of nitriles is 1. The molecule has 0 atom stereocenters. The molecular weight excluding hydrogens is 250 g/mol. The largest absolute Gasteiger partial charge is 0.337 e. The minimum Gasteiger partial charge on any atom is -0.337 e. The van der Waals surface area contributed by atoms with Crippen molar-refractivity contribution < 1.29 is 4.79 Å². The normalized spacial score (nSPS) is 18.1. The highest BCUT2D eigenvalue weighted by atomic mass is 16.2. The van der Waals surface area contributed by atoms with Crippen molar-refractivity contribution in [1.29, 1.82) is 5.26 Å². The molecule has 1 saturated carbocycles. The molecule has 112 valence electrons. The summed E-state index contributed by atoms with van der Waals surface area (Å²) < 4.78 is 0. The van der Waals surface area contributed by atoms with Gasteiger partial charge in [-0.15, -0.1) is 0 Å². The van der Waals surface area contributed by atoms with Crippen molar-refractivity contribution >= 4 is 5.91 Å². The summed E-state index contributed by atoms with van der Waals surface area (Å²) in [6.07, 6.45) is 5.93. The molecule has 1 aliphatic carbocycles. The Hall–Kier alpha value is -1.34. The Bertz CT molecular complexity index is 376. The van der Waals surface area contributed by atoms with E-state index in [1.807, 2.05) is 18.7 Å². The Kier molecular flexibility index (Phi) is 6.74. The fraction of sp³-hybridized carbons (Fsp3) is 0.750. The maximum Gasteiger partial charge on any atom is 0.235 e. The smallest absolute Gasteiger partial charge is 0.235 e. The van der Waals surface area contributed by atoms with Crippen molar-refractivity contribution in [2.24, 2.45) is 0 Å². The Balaban J connectivity index is 2.58. The van der Waals surface area contributed by atoms with Crippen LogP contribution in [0.1, 0.15) is 52.4 Å². The van der Waals surface area contributed by atoms with E-state index in [-0.39, 0.29) is 5.91 Å². The van der Waals surface area contributed by atoms with Crippen molar-refractivity contribution in [1.82, 2.24) is 10.2 Å². The van der Waals surface area contributed by atoms with Gasteiger partial charge in [-0.3, -0.25) is 9.69 Å². The zero-order valence-corrected chi connectivity index (χ0v) is 12.9. The molecule has 0 aromatic carbocycles. The molecule has 1 aliphatic rings. The van der Waals surface area contributed by atoms with Crippen molar-refractivity contribution in [2.45, 2.75) is 57.9 Å². The Morgan fingerprint density at radius 2 is 1.90 bits per heavy atom. The van der Waals surface area contributed by atoms with Crippen LogP contribution in [0.25, 0.3) is 0 Å². The second kappa shape index (κ2) is 8.06. The van der Waals surface area contributed by atoms with Crippen LogP contribution in [-0.4, -0.2) is 36.0 Å². The molecule has 1 fully saturated rings. The van der Waals surface area contributed by atoms with Crippen molar-refractivity contribution in [3.8, 4) is 6.07 Å². The standard InChI is InChI=1S/C16H27N3O/c1-4-19(11-14(2)3)12-15(20)18-16(13-17)9-7-5-6-8-10-16/h2,4-12H2,1,3H3,(H,18,20). The fourth-order valence-electron chi connectivity index (χ4n) is 2.77. The van der Waals surface area contributed by atoms with Crippen LogP contribution in [0.3, 0.4) is 0 Å². The SMILES string of the molecule is C=C(C)CN(CC)CC(=O)NC1(C#N)CCCCCC1. The minimum atomic E-state index is -0.643. The van der Waals surface area contributed by atoms with Gasteiger partial charge in [-0.1, -0.05) is 44.8 Å². The van der Waals surface area contributed by atoms with Crippen LogP contribution in [0, 0.1) is 11.3 Å². The number of carbonyl (C=O) groups excluding carboxylic acids is 1. The number of nitrogens with zero attached hydrogens (tertiary/aromatic N) is 2. The van der Waals surface area contributed by atoms with Gasteiger partial charge in [0.2, 0.25) is 5.91 Å². The average Bonchev–Trinajstić information content (AvgIpc) is 2.63. The second-order valence-corrected chi connectivity index (χ2v) is 5.92. The summed E-state index contributed by atoms with van der Waals surface area (Å²) in [6, 6.07) is 2.35. The predicted molar refractivity (Wildman–Crippen MR) is 81.1 cm³/mol. The van der Waals surface area contributed by atoms with Crippen molar-refractivity contribution in [3.63, 3.8) is 0 Å². The van der Waals surface area contributed by atoms with Crippen LogP contribution in [0.5, 0.6) is 0 Å². The number of rotatable bonds is 6. The number of amides is 1. The molecule has 1 amide bonds. The van der Waals surface area contributed by atoms with Gasteiger partial charge in [0, 0.05) is 6.54 Å². The van der Waals surface area contributed by atoms with E-state index in [0.717, 1.165) is 57.2 Å². The van der Waals surface area contributed by atoms with Gasteiger partial charge in [-0.2, -0.15) is 5.26 Å². The lowest BCUT2D eigenvalue weighted by molar-refractivity contribution is -0.123. The second-order valence-electron chi connectivity index (χ2n) is 5.92. The van der Waals surface area contributed by atoms with Crippen LogP contribution < -0.4 is 5.32 Å². The summed E-state index contributed by atoms with van der Waals surface area (Å²) in [4.78, 5) is 14.2. The molecule has 0 aliphatic heterocycles. The third-order valence-corrected chi connectivity index (χ3v) is 3.86. The molecule has 0 bridgehead atoms. The maximum atomic E-state index is 12.2. The lowest BCUT2D eigenvalue weighted by Gasteiger charge is -2.28. The van der Waals surface area contributed by atoms with Gasteiger partial charge < -0.3 is 5.32 Å². The number of nitrogens with one attached hydrogen (secondary N) is 1. The van der Waals surface area contributed by atoms with Gasteiger partial charge in [0.15, 0.2) is 0 Å². The highest BCUT2D eigenvalue weighted by Gasteiger charge is 2.32. The molecule has 0 radical (unpaired) electrons. The summed E-state index contributed by atoms with van der Waals surface area (Å²) in [6.45, 7) is 9.74. The predicted octanol–water partition coefficient (Wildman–Crippen LogP) is 2.62. The van der Waals surface area contributed by atoms with Crippen LogP contribution in [-0.2, 0) is 4.79 Å². The van der Waals surface area contributed by atoms with E-state index in [9.17, 15) is 10.1 Å². The zero-order valence-electron chi connectivity index (χ0n) is 12.9. The van der Waals surface area contributed by atoms with E-state index in [4.69, 9.17) is 0 Å². The van der Waals surface area contributed by atoms with E-state index >= 15 is 0 Å². The minimum absolute atomic E-state index is 0.0449. The van der Waals surface area contributed by atoms with E-state index < -0.39 is 5.54 Å². The van der Waals surface area contributed by atoms with Crippen LogP contribution in [0.15, 0.2) is 12.2 Å². The van der Waals surface area contributed by atoms with Crippen LogP contribution in [0.2, 0.25) is 0 Å². The summed E-state index contributed by atoms with van der Waals surface area (Å²) in [5, 5.41) is 12.4. The van der Waals surface area contributed by atoms with Gasteiger partial charge >= 0.3 is 0 Å². The van der Waals surface area contributed by atoms with Crippen molar-refractivity contribution in [2.75, 3.05) is 19.6 Å². The topological polar surface area (TPSA) is 56.1 Å². The first-order valence-corrected chi connectivity index (χ1v) is 7.60. The molecule has 0 aromatic rings. The number of hydrogen-bond acceptors (Lipinski definition) is 3. The highest BCUT2D eigenvalue weighted by Crippen LogP contribution is 2.26. The molecule has 20 heavy (non-hydrogen) atoms. The summed E-state index contributed by atoms with van der Waals surface area (Å²) in [5.74, 6) is -0.0449. The molecule has 1 rings (SSSR count). The lowest BCUT2D eigenvalue weighted by Crippen LogP contribution is -2.50. The van der Waals surface area contributed by atoms with Crippen LogP contribution in [0.4, 0.5) is 0 Å². The number of hydrogen-bond donors (Lipinski definition) is 1. The van der Waals surface area contributed by atoms with Crippen molar-refractivity contribution in [3.05, 3.63) is 12.2 Å². The molecule has 4 heteroatoms. The summed E-state index contributed by atoms with van der Waals surface area (Å²) >= 11 is 0. The molecule has 0 aromatic heterocycles. The molecule has 1 N–H and O–H groups in total. The molecule has 0 saturated heterocycles. The van der Waals surface area contributed by atoms with Gasteiger partial charge in [0.1, 0.15) is 5.54 Å². The van der Waals surface area contributed by atoms with Gasteiger partial charge in [0.05, 0.1) is 12.6 Å². The molecule has 4 nitrogen and oxygen atoms in total. The third kappa shape index (κ3) is 5.34. The molecular formula is C16H27N3O. The maximum absolute atomic E-state index is 12.2. The Labute approximate surface area is 122 Å². The monoisotopic (exact) mass is 277 g/mol. The summed E-state index contributed by atoms with van der Waals surface area (Å²) in [5.41, 5.74) is 0.403. The zero-order chi connectivity index (χ0) is 15.0. The van der Waals surface area contributed by atoms with Gasteiger partial charge in [-0.05, 0) is 26.3 Å². The van der Waals surface area contributed by atoms with E-state index in [1.165, 1.54) is 0 Å². The van der Waals surface area contributed by atoms with E-state index in [2.05, 4.69) is 18.0 Å². The lowest BCUT2D eigenvalue weighted by atomic mass is 9.92. The first-order valence-electron chi connectivity index (χ1n) is 7.60. The van der Waals surface area contributed by atoms with Gasteiger partial charge in [0.25, 0.3) is 0 Å². The molecule has 0 spiro atoms. The Morgan fingerprint density at radius 3 is 2.35 bits per heavy atom. The van der Waals surface area contributed by atoms with Crippen LogP contribution >= 0.6 is 0 Å². The third-order valence-electron chi connectivity index (χ3n) is 3.86. The number of carbonyl (C=O) groups is 1. The molecule has 0 heterocycles. The quantitative estimate of drug-likeness (QED) is 0.600. The average molecular weight is 277 g/mol. The first-order chi connectivity index (χ1) is 9.51. The summed E-state index contributed by atoms with van der Waals surface area (Å²) in [7, 11) is 0. The van der Waals surface area contributed by atoms with E-state index in [0.29, 0.717) is 6.54 Å². The van der Waals surface area contributed by atoms with E-state index in [1.54, 1.807) is 0 Å². The molecule has 0 unspecified atom stereocenters. The fourth-order valence-corrected chi connectivity index (χ4v) is 2.77. The van der Waals surface area contributed by atoms with Gasteiger partial charge in [-0.25, -0.2) is 0 Å². The number of likely N-dealkylation sites (N-methyl/N-ethyl adjacent to an activating group) is 1. The Morgan fingerprint density at radius 1 is 1.30 bits per heavy atom.